The number of carbonyl (C=O) groups is 4. The van der Waals surface area contributed by atoms with Crippen molar-refractivity contribution in [3.63, 3.8) is 0 Å². The molecule has 4 aliphatic heterocycles. The number of phenols is 1. The van der Waals surface area contributed by atoms with Crippen LogP contribution in [0.4, 0.5) is 11.4 Å². The zero-order chi connectivity index (χ0) is 41.6. The number of benzene rings is 2. The first-order valence-corrected chi connectivity index (χ1v) is 21.2. The Bertz CT molecular complexity index is 1580. The molecule has 0 spiro atoms. The number of ether oxygens (including phenoxy) is 3. The third kappa shape index (κ3) is 13.1. The number of nitrogens with zero attached hydrogens (tertiary/aromatic N) is 4. The summed E-state index contributed by atoms with van der Waals surface area (Å²) in [5, 5.41) is 9.04. The van der Waals surface area contributed by atoms with Gasteiger partial charge in [0.05, 0.1) is 10.8 Å². The molecule has 4 fully saturated rings. The largest absolute Gasteiger partial charge is 0.508 e. The topological polar surface area (TPSA) is 129 Å². The normalized spacial score (nSPS) is 21.7. The summed E-state index contributed by atoms with van der Waals surface area (Å²) in [7, 11) is 0. The number of esters is 3. The van der Waals surface area contributed by atoms with Crippen molar-refractivity contribution in [3.05, 3.63) is 48.5 Å². The van der Waals surface area contributed by atoms with Crippen LogP contribution in [-0.4, -0.2) is 116 Å². The van der Waals surface area contributed by atoms with Crippen molar-refractivity contribution in [2.24, 2.45) is 10.8 Å². The third-order valence-corrected chi connectivity index (χ3v) is 12.3. The number of carbonyl (C=O) groups excluding carboxylic acids is 4. The van der Waals surface area contributed by atoms with E-state index in [1.165, 1.54) is 13.8 Å². The Morgan fingerprint density at radius 1 is 0.667 bits per heavy atom. The minimum Gasteiger partial charge on any atom is -0.508 e. The van der Waals surface area contributed by atoms with E-state index >= 15 is 0 Å². The zero-order valence-electron chi connectivity index (χ0n) is 35.0. The van der Waals surface area contributed by atoms with Crippen LogP contribution in [0.1, 0.15) is 92.9 Å². The molecule has 0 aliphatic carbocycles. The van der Waals surface area contributed by atoms with Crippen molar-refractivity contribution in [2.75, 3.05) is 75.2 Å². The standard InChI is InChI=1S/C22H32N2O4.C20H30N2O3.C2H3ClO/c1-4-22(5-2)16-20(28-21(22)26)10-11-23-12-14-24(15-13-23)18-6-8-19(9-7-18)27-17(3)25;1-3-20(4-2)15-18(25-19(20)24)9-10-21-11-13-22(14-12-21)16-5-7-17(23)8-6-16;1-2(3)4/h6-9,20H,4-5,10-16H2,1-3H3;5-8,18,23H,3-4,9-15H2,1-2H3;1H3. The van der Waals surface area contributed by atoms with E-state index in [-0.39, 0.29) is 46.2 Å². The molecule has 0 amide bonds. The van der Waals surface area contributed by atoms with Crippen LogP contribution >= 0.6 is 11.6 Å². The van der Waals surface area contributed by atoms with Gasteiger partial charge in [0.25, 0.3) is 0 Å². The van der Waals surface area contributed by atoms with Crippen LogP contribution in [0.3, 0.4) is 0 Å². The molecule has 4 saturated heterocycles. The van der Waals surface area contributed by atoms with Gasteiger partial charge in [0.1, 0.15) is 23.7 Å². The number of rotatable bonds is 13. The Labute approximate surface area is 344 Å². The van der Waals surface area contributed by atoms with E-state index in [0.717, 1.165) is 128 Å². The fraction of sp³-hybridized carbons (Fsp3) is 0.636. The number of hydrogen-bond acceptors (Lipinski definition) is 12. The number of aromatic hydroxyl groups is 1. The second-order valence-corrected chi connectivity index (χ2v) is 16.3. The Balaban J connectivity index is 0.000000232. The van der Waals surface area contributed by atoms with Crippen molar-refractivity contribution in [1.29, 1.82) is 0 Å². The molecule has 0 saturated carbocycles. The fourth-order valence-corrected chi connectivity index (χ4v) is 8.32. The summed E-state index contributed by atoms with van der Waals surface area (Å²) in [6.45, 7) is 21.0. The highest BCUT2D eigenvalue weighted by molar-refractivity contribution is 6.62. The maximum Gasteiger partial charge on any atom is 0.312 e. The molecular weight excluding hydrogens is 748 g/mol. The molecule has 2 aromatic rings. The SMILES string of the molecule is CC(=O)Cl.CCC1(CC)CC(CCN2CCN(c3ccc(O)cc3)CC2)OC1=O.CCC1(CC)CC(CCN2CCN(c3ccc(OC(C)=O)cc3)CC2)OC1=O. The molecule has 0 aromatic heterocycles. The van der Waals surface area contributed by atoms with Crippen molar-refractivity contribution in [1.82, 2.24) is 9.80 Å². The number of cyclic esters (lactones) is 2. The molecule has 2 unspecified atom stereocenters. The first kappa shape index (κ1) is 45.8. The summed E-state index contributed by atoms with van der Waals surface area (Å²) in [5.74, 6) is 0.605. The van der Waals surface area contributed by atoms with Gasteiger partial charge in [-0.3, -0.25) is 29.0 Å². The van der Waals surface area contributed by atoms with Gasteiger partial charge in [-0.05, 0) is 98.7 Å². The summed E-state index contributed by atoms with van der Waals surface area (Å²) in [5.41, 5.74) is 1.83. The van der Waals surface area contributed by atoms with Crippen LogP contribution in [-0.2, 0) is 28.7 Å². The lowest BCUT2D eigenvalue weighted by atomic mass is 9.79. The first-order valence-electron chi connectivity index (χ1n) is 20.9. The predicted molar refractivity (Wildman–Crippen MR) is 224 cm³/mol. The maximum atomic E-state index is 12.2. The number of anilines is 2. The Morgan fingerprint density at radius 2 is 1.02 bits per heavy atom. The molecule has 2 aromatic carbocycles. The van der Waals surface area contributed by atoms with Gasteiger partial charge in [0, 0.05) is 104 Å². The van der Waals surface area contributed by atoms with E-state index in [1.54, 1.807) is 12.1 Å². The molecule has 0 bridgehead atoms. The Hall–Kier alpha value is -3.87. The van der Waals surface area contributed by atoms with Crippen LogP contribution in [0, 0.1) is 10.8 Å². The molecule has 57 heavy (non-hydrogen) atoms. The van der Waals surface area contributed by atoms with Crippen molar-refractivity contribution < 1.29 is 38.5 Å². The van der Waals surface area contributed by atoms with E-state index in [0.29, 0.717) is 11.5 Å². The summed E-state index contributed by atoms with van der Waals surface area (Å²) in [6, 6.07) is 15.1. The van der Waals surface area contributed by atoms with Crippen LogP contribution in [0.5, 0.6) is 11.5 Å². The van der Waals surface area contributed by atoms with E-state index in [4.69, 9.17) is 14.2 Å². The average molecular weight is 813 g/mol. The molecule has 13 heteroatoms. The van der Waals surface area contributed by atoms with Crippen molar-refractivity contribution in [2.45, 2.75) is 105 Å². The van der Waals surface area contributed by atoms with Gasteiger partial charge in [-0.25, -0.2) is 0 Å². The van der Waals surface area contributed by atoms with Gasteiger partial charge < -0.3 is 29.1 Å². The van der Waals surface area contributed by atoms with E-state index < -0.39 is 0 Å². The van der Waals surface area contributed by atoms with Gasteiger partial charge in [-0.15, -0.1) is 0 Å². The third-order valence-electron chi connectivity index (χ3n) is 12.3. The molecular formula is C44H65ClN4O8. The maximum absolute atomic E-state index is 12.2. The fourth-order valence-electron chi connectivity index (χ4n) is 8.32. The molecule has 6 rings (SSSR count). The first-order chi connectivity index (χ1) is 27.2. The van der Waals surface area contributed by atoms with Crippen LogP contribution in [0.2, 0.25) is 0 Å². The summed E-state index contributed by atoms with van der Waals surface area (Å²) < 4.78 is 16.4. The van der Waals surface area contributed by atoms with Gasteiger partial charge in [0.2, 0.25) is 5.24 Å². The van der Waals surface area contributed by atoms with Gasteiger partial charge in [0.15, 0.2) is 0 Å². The second-order valence-electron chi connectivity index (χ2n) is 15.7. The van der Waals surface area contributed by atoms with Crippen LogP contribution < -0.4 is 14.5 Å². The van der Waals surface area contributed by atoms with E-state index in [1.807, 2.05) is 36.4 Å². The van der Waals surface area contributed by atoms with Gasteiger partial charge >= 0.3 is 17.9 Å². The second kappa shape index (κ2) is 21.8. The minimum absolute atomic E-state index is 0.00418. The lowest BCUT2D eigenvalue weighted by molar-refractivity contribution is -0.150. The van der Waals surface area contributed by atoms with Crippen LogP contribution in [0.25, 0.3) is 0 Å². The highest BCUT2D eigenvalue weighted by Gasteiger charge is 2.47. The van der Waals surface area contributed by atoms with Crippen LogP contribution in [0.15, 0.2) is 48.5 Å². The summed E-state index contributed by atoms with van der Waals surface area (Å²) >= 11 is 4.64. The summed E-state index contributed by atoms with van der Waals surface area (Å²) in [4.78, 5) is 54.3. The molecule has 4 aliphatic rings. The lowest BCUT2D eigenvalue weighted by Gasteiger charge is -2.36. The highest BCUT2D eigenvalue weighted by Crippen LogP contribution is 2.42. The van der Waals surface area contributed by atoms with Crippen molar-refractivity contribution in [3.8, 4) is 11.5 Å². The Morgan fingerprint density at radius 3 is 1.33 bits per heavy atom. The quantitative estimate of drug-likeness (QED) is 0.127. The molecule has 1 N–H and O–H groups in total. The smallest absolute Gasteiger partial charge is 0.312 e. The van der Waals surface area contributed by atoms with E-state index in [2.05, 4.69) is 58.9 Å². The minimum atomic E-state index is -0.361. The van der Waals surface area contributed by atoms with Crippen molar-refractivity contribution >= 4 is 46.1 Å². The zero-order valence-corrected chi connectivity index (χ0v) is 35.7. The number of piperazine rings is 2. The molecule has 4 heterocycles. The highest BCUT2D eigenvalue weighted by atomic mass is 35.5. The lowest BCUT2D eigenvalue weighted by Crippen LogP contribution is -2.47. The molecule has 316 valence electrons. The predicted octanol–water partition coefficient (Wildman–Crippen LogP) is 7.04. The molecule has 0 radical (unpaired) electrons. The number of phenolic OH excluding ortho intramolecular Hbond substituents is 1. The monoisotopic (exact) mass is 812 g/mol. The Kier molecular flexibility index (Phi) is 17.5. The van der Waals surface area contributed by atoms with E-state index in [9.17, 15) is 24.3 Å². The number of halogens is 1. The molecule has 12 nitrogen and oxygen atoms in total. The van der Waals surface area contributed by atoms with Gasteiger partial charge in [-0.2, -0.15) is 0 Å². The molecule has 2 atom stereocenters. The van der Waals surface area contributed by atoms with Gasteiger partial charge in [-0.1, -0.05) is 27.7 Å². The average Bonchev–Trinajstić information content (AvgIpc) is 3.72. The number of hydrogen-bond donors (Lipinski definition) is 1. The summed E-state index contributed by atoms with van der Waals surface area (Å²) in [6.07, 6.45) is 7.26.